The van der Waals surface area contributed by atoms with Crippen molar-refractivity contribution in [2.45, 2.75) is 19.8 Å². The summed E-state index contributed by atoms with van der Waals surface area (Å²) in [4.78, 5) is 2.30. The van der Waals surface area contributed by atoms with Gasteiger partial charge in [0.15, 0.2) is 0 Å². The molecule has 1 atom stereocenters. The molecule has 0 amide bonds. The Bertz CT molecular complexity index is 1090. The van der Waals surface area contributed by atoms with Crippen molar-refractivity contribution in [2.75, 3.05) is 18.0 Å². The van der Waals surface area contributed by atoms with Gasteiger partial charge < -0.3 is 15.4 Å². The smallest absolute Gasteiger partial charge is 0.205 e. The van der Waals surface area contributed by atoms with E-state index in [-0.39, 0.29) is 11.8 Å². The average molecular weight is 369 g/mol. The van der Waals surface area contributed by atoms with Crippen LogP contribution >= 0.6 is 0 Å². The standard InChI is InChI=1S/C24H23N3O/c1-3-27(4-2)18-12-9-17(10-13-18)22-20(15-25)24(26)28-21-14-11-16-7-5-6-8-19(16)23(21)22/h5-14,22H,3-4,26H2,1-2H3/t22-/m1/s1. The fourth-order valence-electron chi connectivity index (χ4n) is 4.04. The number of ether oxygens (including phenoxy) is 1. The van der Waals surface area contributed by atoms with Crippen LogP contribution in [0.15, 0.2) is 72.1 Å². The molecule has 1 aliphatic rings. The molecule has 28 heavy (non-hydrogen) atoms. The van der Waals surface area contributed by atoms with Gasteiger partial charge in [-0.25, -0.2) is 0 Å². The van der Waals surface area contributed by atoms with Crippen LogP contribution in [0.3, 0.4) is 0 Å². The SMILES string of the molecule is CCN(CC)c1ccc([C@@H]2C(C#N)=C(N)Oc3ccc4ccccc4c32)cc1. The number of fused-ring (bicyclic) bond motifs is 3. The second kappa shape index (κ2) is 7.28. The van der Waals surface area contributed by atoms with E-state index in [0.29, 0.717) is 11.3 Å². The van der Waals surface area contributed by atoms with Gasteiger partial charge in [-0.2, -0.15) is 5.26 Å². The van der Waals surface area contributed by atoms with Crippen LogP contribution in [0.5, 0.6) is 5.75 Å². The molecule has 0 aromatic heterocycles. The number of rotatable bonds is 4. The topological polar surface area (TPSA) is 62.3 Å². The van der Waals surface area contributed by atoms with Crippen molar-refractivity contribution in [3.8, 4) is 11.8 Å². The van der Waals surface area contributed by atoms with E-state index in [0.717, 1.165) is 35.0 Å². The van der Waals surface area contributed by atoms with E-state index in [1.54, 1.807) is 0 Å². The van der Waals surface area contributed by atoms with Crippen molar-refractivity contribution in [3.05, 3.63) is 83.2 Å². The van der Waals surface area contributed by atoms with Crippen LogP contribution in [-0.4, -0.2) is 13.1 Å². The number of nitrogens with two attached hydrogens (primary N) is 1. The van der Waals surface area contributed by atoms with Gasteiger partial charge >= 0.3 is 0 Å². The van der Waals surface area contributed by atoms with E-state index < -0.39 is 0 Å². The maximum atomic E-state index is 9.83. The van der Waals surface area contributed by atoms with E-state index >= 15 is 0 Å². The first-order valence-corrected chi connectivity index (χ1v) is 9.62. The number of hydrogen-bond acceptors (Lipinski definition) is 4. The van der Waals surface area contributed by atoms with Crippen molar-refractivity contribution in [3.63, 3.8) is 0 Å². The molecule has 0 saturated carbocycles. The Balaban J connectivity index is 1.90. The Labute approximate surface area is 165 Å². The number of nitrogens with zero attached hydrogens (tertiary/aromatic N) is 2. The Morgan fingerprint density at radius 3 is 2.39 bits per heavy atom. The Kier molecular flexibility index (Phi) is 4.67. The van der Waals surface area contributed by atoms with Crippen LogP contribution in [0, 0.1) is 11.3 Å². The summed E-state index contributed by atoms with van der Waals surface area (Å²) in [5.41, 5.74) is 9.79. The van der Waals surface area contributed by atoms with Crippen LogP contribution in [-0.2, 0) is 0 Å². The Morgan fingerprint density at radius 2 is 1.71 bits per heavy atom. The fraction of sp³-hybridized carbons (Fsp3) is 0.208. The minimum atomic E-state index is -0.245. The van der Waals surface area contributed by atoms with Crippen LogP contribution in [0.4, 0.5) is 5.69 Å². The highest BCUT2D eigenvalue weighted by Gasteiger charge is 2.32. The third-order valence-corrected chi connectivity index (χ3v) is 5.47. The zero-order chi connectivity index (χ0) is 19.7. The highest BCUT2D eigenvalue weighted by Crippen LogP contribution is 2.45. The largest absolute Gasteiger partial charge is 0.440 e. The lowest BCUT2D eigenvalue weighted by Crippen LogP contribution is -2.22. The summed E-state index contributed by atoms with van der Waals surface area (Å²) in [7, 11) is 0. The van der Waals surface area contributed by atoms with E-state index in [1.807, 2.05) is 24.3 Å². The van der Waals surface area contributed by atoms with Gasteiger partial charge in [0.2, 0.25) is 5.88 Å². The van der Waals surface area contributed by atoms with Crippen LogP contribution in [0.1, 0.15) is 30.9 Å². The lowest BCUT2D eigenvalue weighted by atomic mass is 9.81. The molecule has 2 N–H and O–H groups in total. The summed E-state index contributed by atoms with van der Waals surface area (Å²) >= 11 is 0. The summed E-state index contributed by atoms with van der Waals surface area (Å²) < 4.78 is 5.82. The molecule has 4 heteroatoms. The number of benzene rings is 3. The van der Waals surface area contributed by atoms with Crippen molar-refractivity contribution in [1.82, 2.24) is 0 Å². The molecule has 0 radical (unpaired) electrons. The fourth-order valence-corrected chi connectivity index (χ4v) is 4.04. The first kappa shape index (κ1) is 17.9. The van der Waals surface area contributed by atoms with E-state index in [9.17, 15) is 5.26 Å². The van der Waals surface area contributed by atoms with E-state index in [4.69, 9.17) is 10.5 Å². The zero-order valence-corrected chi connectivity index (χ0v) is 16.1. The molecule has 0 aliphatic carbocycles. The first-order chi connectivity index (χ1) is 13.7. The minimum absolute atomic E-state index is 0.183. The lowest BCUT2D eigenvalue weighted by Gasteiger charge is -2.28. The third-order valence-electron chi connectivity index (χ3n) is 5.47. The molecule has 0 bridgehead atoms. The number of hydrogen-bond donors (Lipinski definition) is 1. The maximum absolute atomic E-state index is 9.83. The first-order valence-electron chi connectivity index (χ1n) is 9.62. The van der Waals surface area contributed by atoms with Crippen LogP contribution in [0.2, 0.25) is 0 Å². The number of nitriles is 1. The van der Waals surface area contributed by atoms with Gasteiger partial charge in [-0.15, -0.1) is 0 Å². The van der Waals surface area contributed by atoms with Crippen molar-refractivity contribution in [2.24, 2.45) is 5.73 Å². The monoisotopic (exact) mass is 369 g/mol. The lowest BCUT2D eigenvalue weighted by molar-refractivity contribution is 0.395. The molecule has 3 aromatic carbocycles. The van der Waals surface area contributed by atoms with Gasteiger partial charge in [0.1, 0.15) is 17.4 Å². The average Bonchev–Trinajstić information content (AvgIpc) is 2.74. The van der Waals surface area contributed by atoms with Gasteiger partial charge in [0, 0.05) is 24.3 Å². The quantitative estimate of drug-likeness (QED) is 0.710. The predicted octanol–water partition coefficient (Wildman–Crippen LogP) is 4.90. The summed E-state index contributed by atoms with van der Waals surface area (Å²) in [6.07, 6.45) is 0. The Hall–Kier alpha value is -3.45. The zero-order valence-electron chi connectivity index (χ0n) is 16.1. The number of anilines is 1. The molecule has 0 fully saturated rings. The normalized spacial score (nSPS) is 15.7. The van der Waals surface area contributed by atoms with Gasteiger partial charge in [-0.05, 0) is 48.4 Å². The molecule has 0 saturated heterocycles. The van der Waals surface area contributed by atoms with Crippen LogP contribution < -0.4 is 15.4 Å². The molecule has 4 rings (SSSR count). The highest BCUT2D eigenvalue weighted by molar-refractivity contribution is 5.90. The maximum Gasteiger partial charge on any atom is 0.205 e. The van der Waals surface area contributed by atoms with E-state index in [2.05, 4.69) is 61.2 Å². The molecule has 0 spiro atoms. The molecule has 4 nitrogen and oxygen atoms in total. The molecule has 1 aliphatic heterocycles. The summed E-state index contributed by atoms with van der Waals surface area (Å²) in [5.74, 6) is 0.654. The molecule has 1 heterocycles. The highest BCUT2D eigenvalue weighted by atomic mass is 16.5. The van der Waals surface area contributed by atoms with Gasteiger partial charge in [-0.3, -0.25) is 0 Å². The molecule has 0 unspecified atom stereocenters. The second-order valence-electron chi connectivity index (χ2n) is 6.89. The molecule has 3 aromatic rings. The van der Waals surface area contributed by atoms with Crippen molar-refractivity contribution >= 4 is 16.5 Å². The summed E-state index contributed by atoms with van der Waals surface area (Å²) in [6, 6.07) is 22.9. The molecular weight excluding hydrogens is 346 g/mol. The second-order valence-corrected chi connectivity index (χ2v) is 6.89. The van der Waals surface area contributed by atoms with Crippen molar-refractivity contribution < 1.29 is 4.74 Å². The molecule has 140 valence electrons. The van der Waals surface area contributed by atoms with E-state index in [1.165, 1.54) is 5.69 Å². The summed E-state index contributed by atoms with van der Waals surface area (Å²) in [5, 5.41) is 12.0. The van der Waals surface area contributed by atoms with Gasteiger partial charge in [-0.1, -0.05) is 42.5 Å². The third kappa shape index (κ3) is 2.86. The molecular formula is C24H23N3O. The minimum Gasteiger partial charge on any atom is -0.440 e. The summed E-state index contributed by atoms with van der Waals surface area (Å²) in [6.45, 7) is 6.21. The van der Waals surface area contributed by atoms with Gasteiger partial charge in [0.05, 0.1) is 5.92 Å². The predicted molar refractivity (Wildman–Crippen MR) is 113 cm³/mol. The van der Waals surface area contributed by atoms with Gasteiger partial charge in [0.25, 0.3) is 0 Å². The Morgan fingerprint density at radius 1 is 1.00 bits per heavy atom. The van der Waals surface area contributed by atoms with Crippen molar-refractivity contribution in [1.29, 1.82) is 5.26 Å². The number of allylic oxidation sites excluding steroid dienone is 1. The van der Waals surface area contributed by atoms with Crippen LogP contribution in [0.25, 0.3) is 10.8 Å².